The van der Waals surface area contributed by atoms with Gasteiger partial charge in [-0.25, -0.2) is 9.97 Å². The zero-order valence-corrected chi connectivity index (χ0v) is 12.6. The van der Waals surface area contributed by atoms with Crippen LogP contribution in [0.5, 0.6) is 0 Å². The molecule has 2 unspecified atom stereocenters. The molecule has 0 spiro atoms. The molecule has 2 atom stereocenters. The number of rotatable bonds is 6. The van der Waals surface area contributed by atoms with Gasteiger partial charge in [-0.2, -0.15) is 0 Å². The molecule has 0 bridgehead atoms. The predicted octanol–water partition coefficient (Wildman–Crippen LogP) is 0.976. The van der Waals surface area contributed by atoms with Gasteiger partial charge in [-0.15, -0.1) is 0 Å². The molecule has 2 aliphatic heterocycles. The summed E-state index contributed by atoms with van der Waals surface area (Å²) in [5.74, 6) is 0.450. The van der Waals surface area contributed by atoms with Crippen LogP contribution in [0.4, 0.5) is 5.82 Å². The smallest absolute Gasteiger partial charge is 0.270 e. The molecule has 1 aromatic heterocycles. The van der Waals surface area contributed by atoms with Crippen molar-refractivity contribution in [3.63, 3.8) is 0 Å². The normalized spacial score (nSPS) is 24.4. The highest BCUT2D eigenvalue weighted by Crippen LogP contribution is 2.13. The van der Waals surface area contributed by atoms with Crippen molar-refractivity contribution < 1.29 is 14.3 Å². The van der Waals surface area contributed by atoms with Gasteiger partial charge in [0.05, 0.1) is 12.2 Å². The minimum Gasteiger partial charge on any atom is -0.376 e. The van der Waals surface area contributed by atoms with Crippen LogP contribution >= 0.6 is 0 Å². The molecule has 2 N–H and O–H groups in total. The lowest BCUT2D eigenvalue weighted by Crippen LogP contribution is -2.32. The summed E-state index contributed by atoms with van der Waals surface area (Å²) < 4.78 is 11.0. The van der Waals surface area contributed by atoms with Crippen LogP contribution in [0.1, 0.15) is 36.2 Å². The minimum absolute atomic E-state index is 0.128. The third kappa shape index (κ3) is 4.14. The standard InChI is InChI=1S/C15H22N4O3/c20-15(17-9-12-4-2-6-22-12)13-7-14(19-10-18-13)16-8-11-3-1-5-21-11/h7,10-12H,1-6,8-9H2,(H,17,20)(H,16,18,19). The number of nitrogens with one attached hydrogen (secondary N) is 2. The van der Waals surface area contributed by atoms with Crippen LogP contribution in [0.15, 0.2) is 12.4 Å². The van der Waals surface area contributed by atoms with Crippen molar-refractivity contribution in [2.45, 2.75) is 37.9 Å². The summed E-state index contributed by atoms with van der Waals surface area (Å²) in [4.78, 5) is 20.3. The van der Waals surface area contributed by atoms with Gasteiger partial charge in [-0.05, 0) is 25.7 Å². The second-order valence-corrected chi connectivity index (χ2v) is 5.65. The van der Waals surface area contributed by atoms with Crippen LogP contribution in [0, 0.1) is 0 Å². The Morgan fingerprint density at radius 2 is 1.86 bits per heavy atom. The molecule has 3 heterocycles. The number of nitrogens with zero attached hydrogens (tertiary/aromatic N) is 2. The molecule has 120 valence electrons. The summed E-state index contributed by atoms with van der Waals surface area (Å²) in [7, 11) is 0. The Morgan fingerprint density at radius 1 is 1.14 bits per heavy atom. The number of ether oxygens (including phenoxy) is 2. The third-order valence-electron chi connectivity index (χ3n) is 3.95. The molecule has 7 nitrogen and oxygen atoms in total. The second-order valence-electron chi connectivity index (χ2n) is 5.65. The summed E-state index contributed by atoms with van der Waals surface area (Å²) >= 11 is 0. The first-order valence-electron chi connectivity index (χ1n) is 7.88. The van der Waals surface area contributed by atoms with E-state index in [1.165, 1.54) is 6.33 Å². The Kier molecular flexibility index (Phi) is 5.18. The summed E-state index contributed by atoms with van der Waals surface area (Å²) in [5.41, 5.74) is 0.364. The average molecular weight is 306 g/mol. The van der Waals surface area contributed by atoms with E-state index in [2.05, 4.69) is 20.6 Å². The highest BCUT2D eigenvalue weighted by Gasteiger charge is 2.18. The summed E-state index contributed by atoms with van der Waals surface area (Å²) in [6.07, 6.45) is 5.98. The number of anilines is 1. The van der Waals surface area contributed by atoms with E-state index < -0.39 is 0 Å². The molecule has 3 rings (SSSR count). The zero-order valence-electron chi connectivity index (χ0n) is 12.6. The lowest BCUT2D eigenvalue weighted by molar-refractivity contribution is 0.0853. The van der Waals surface area contributed by atoms with E-state index in [0.29, 0.717) is 24.6 Å². The van der Waals surface area contributed by atoms with Crippen LogP contribution in [0.25, 0.3) is 0 Å². The van der Waals surface area contributed by atoms with Gasteiger partial charge < -0.3 is 20.1 Å². The van der Waals surface area contributed by atoms with E-state index >= 15 is 0 Å². The molecule has 2 aliphatic rings. The highest BCUT2D eigenvalue weighted by atomic mass is 16.5. The largest absolute Gasteiger partial charge is 0.376 e. The topological polar surface area (TPSA) is 85.4 Å². The first-order valence-corrected chi connectivity index (χ1v) is 7.88. The number of aromatic nitrogens is 2. The Labute approximate surface area is 129 Å². The molecule has 0 saturated carbocycles. The minimum atomic E-state index is -0.196. The first-order chi connectivity index (χ1) is 10.8. The average Bonchev–Trinajstić information content (AvgIpc) is 3.24. The van der Waals surface area contributed by atoms with E-state index in [1.807, 2.05) is 0 Å². The molecule has 2 fully saturated rings. The van der Waals surface area contributed by atoms with Gasteiger partial charge in [0.1, 0.15) is 17.8 Å². The predicted molar refractivity (Wildman–Crippen MR) is 80.8 cm³/mol. The van der Waals surface area contributed by atoms with Crippen molar-refractivity contribution in [2.75, 3.05) is 31.6 Å². The molecule has 7 heteroatoms. The molecule has 1 aromatic rings. The number of hydrogen-bond acceptors (Lipinski definition) is 6. The fourth-order valence-corrected chi connectivity index (χ4v) is 2.70. The van der Waals surface area contributed by atoms with Crippen molar-refractivity contribution in [3.05, 3.63) is 18.1 Å². The maximum absolute atomic E-state index is 12.1. The SMILES string of the molecule is O=C(NCC1CCCO1)c1cc(NCC2CCCO2)ncn1. The Morgan fingerprint density at radius 3 is 2.55 bits per heavy atom. The maximum Gasteiger partial charge on any atom is 0.270 e. The maximum atomic E-state index is 12.1. The van der Waals surface area contributed by atoms with Gasteiger partial charge in [-0.3, -0.25) is 4.79 Å². The van der Waals surface area contributed by atoms with E-state index in [-0.39, 0.29) is 18.1 Å². The van der Waals surface area contributed by atoms with E-state index in [4.69, 9.17) is 9.47 Å². The second kappa shape index (κ2) is 7.51. The fourth-order valence-electron chi connectivity index (χ4n) is 2.70. The quantitative estimate of drug-likeness (QED) is 0.815. The molecule has 0 aliphatic carbocycles. The molecule has 0 radical (unpaired) electrons. The van der Waals surface area contributed by atoms with Crippen molar-refractivity contribution in [2.24, 2.45) is 0 Å². The molecule has 2 saturated heterocycles. The van der Waals surface area contributed by atoms with Gasteiger partial charge >= 0.3 is 0 Å². The molecule has 1 amide bonds. The third-order valence-corrected chi connectivity index (χ3v) is 3.95. The molecule has 22 heavy (non-hydrogen) atoms. The molecular formula is C15H22N4O3. The van der Waals surface area contributed by atoms with Crippen LogP contribution in [-0.2, 0) is 9.47 Å². The lowest BCUT2D eigenvalue weighted by atomic mass is 10.2. The highest BCUT2D eigenvalue weighted by molar-refractivity contribution is 5.92. The Bertz CT molecular complexity index is 499. The van der Waals surface area contributed by atoms with Crippen molar-refractivity contribution in [1.82, 2.24) is 15.3 Å². The van der Waals surface area contributed by atoms with Crippen molar-refractivity contribution >= 4 is 11.7 Å². The van der Waals surface area contributed by atoms with Gasteiger partial charge in [0.2, 0.25) is 0 Å². The van der Waals surface area contributed by atoms with Crippen molar-refractivity contribution in [3.8, 4) is 0 Å². The summed E-state index contributed by atoms with van der Waals surface area (Å²) in [6, 6.07) is 1.67. The Hall–Kier alpha value is -1.73. The zero-order chi connectivity index (χ0) is 15.2. The van der Waals surface area contributed by atoms with Crippen LogP contribution in [0.2, 0.25) is 0 Å². The lowest BCUT2D eigenvalue weighted by Gasteiger charge is -2.12. The van der Waals surface area contributed by atoms with E-state index in [9.17, 15) is 4.79 Å². The molecular weight excluding hydrogens is 284 g/mol. The van der Waals surface area contributed by atoms with Crippen LogP contribution in [0.3, 0.4) is 0 Å². The molecule has 0 aromatic carbocycles. The van der Waals surface area contributed by atoms with Gasteiger partial charge in [0.25, 0.3) is 5.91 Å². The number of carbonyl (C=O) groups excluding carboxylic acids is 1. The van der Waals surface area contributed by atoms with E-state index in [1.54, 1.807) is 6.07 Å². The van der Waals surface area contributed by atoms with E-state index in [0.717, 1.165) is 38.9 Å². The van der Waals surface area contributed by atoms with Gasteiger partial charge in [0.15, 0.2) is 0 Å². The van der Waals surface area contributed by atoms with Crippen molar-refractivity contribution in [1.29, 1.82) is 0 Å². The summed E-state index contributed by atoms with van der Waals surface area (Å²) in [6.45, 7) is 2.84. The number of hydrogen-bond donors (Lipinski definition) is 2. The van der Waals surface area contributed by atoms with Gasteiger partial charge in [-0.1, -0.05) is 0 Å². The first kappa shape index (κ1) is 15.2. The fraction of sp³-hybridized carbons (Fsp3) is 0.667. The van der Waals surface area contributed by atoms with Gasteiger partial charge in [0, 0.05) is 32.4 Å². The number of amides is 1. The number of carbonyl (C=O) groups is 1. The van der Waals surface area contributed by atoms with Crippen LogP contribution in [-0.4, -0.2) is 54.4 Å². The Balaban J connectivity index is 1.49. The van der Waals surface area contributed by atoms with Crippen LogP contribution < -0.4 is 10.6 Å². The summed E-state index contributed by atoms with van der Waals surface area (Å²) in [5, 5.41) is 6.06. The monoisotopic (exact) mass is 306 g/mol.